The fourth-order valence-electron chi connectivity index (χ4n) is 1.56. The van der Waals surface area contributed by atoms with E-state index in [0.717, 1.165) is 23.9 Å². The minimum absolute atomic E-state index is 0.0592. The molecule has 0 aliphatic rings. The number of nitrogens with one attached hydrogen (secondary N) is 1. The molecular formula is C13H23N3O. The first-order valence-corrected chi connectivity index (χ1v) is 6.32. The Labute approximate surface area is 104 Å². The van der Waals surface area contributed by atoms with Crippen molar-refractivity contribution >= 4 is 5.82 Å². The first-order valence-electron chi connectivity index (χ1n) is 6.32. The van der Waals surface area contributed by atoms with E-state index in [4.69, 9.17) is 4.74 Å². The Morgan fingerprint density at radius 3 is 2.47 bits per heavy atom. The Morgan fingerprint density at radius 2 is 1.94 bits per heavy atom. The van der Waals surface area contributed by atoms with Gasteiger partial charge in [-0.25, -0.2) is 9.97 Å². The van der Waals surface area contributed by atoms with Gasteiger partial charge in [0.2, 0.25) is 0 Å². The van der Waals surface area contributed by atoms with Crippen LogP contribution in [0.25, 0.3) is 0 Å². The summed E-state index contributed by atoms with van der Waals surface area (Å²) in [4.78, 5) is 9.03. The number of rotatable bonds is 6. The molecule has 0 saturated heterocycles. The Kier molecular flexibility index (Phi) is 5.35. The highest BCUT2D eigenvalue weighted by molar-refractivity contribution is 5.37. The smallest absolute Gasteiger partial charge is 0.159 e. The molecule has 0 bridgehead atoms. The second-order valence-corrected chi connectivity index (χ2v) is 4.32. The van der Waals surface area contributed by atoms with Gasteiger partial charge in [0.15, 0.2) is 5.82 Å². The third-order valence-electron chi connectivity index (χ3n) is 2.49. The molecule has 1 rings (SSSR count). The van der Waals surface area contributed by atoms with Crippen molar-refractivity contribution in [3.05, 3.63) is 17.6 Å². The molecule has 0 amide bonds. The summed E-state index contributed by atoms with van der Waals surface area (Å²) in [6.45, 7) is 11.8. The summed E-state index contributed by atoms with van der Waals surface area (Å²) in [7, 11) is 0. The number of anilines is 1. The molecule has 0 aliphatic heterocycles. The van der Waals surface area contributed by atoms with E-state index in [1.165, 1.54) is 0 Å². The van der Waals surface area contributed by atoms with Crippen LogP contribution in [0.4, 0.5) is 5.82 Å². The fraction of sp³-hybridized carbons (Fsp3) is 0.692. The first kappa shape index (κ1) is 13.9. The van der Waals surface area contributed by atoms with Gasteiger partial charge in [0.25, 0.3) is 0 Å². The SMILES string of the molecule is CCNc1cc(C(C)C)nc(C(C)OCC)n1. The first-order chi connectivity index (χ1) is 8.08. The maximum atomic E-state index is 5.54. The molecule has 1 aromatic heterocycles. The van der Waals surface area contributed by atoms with Crippen molar-refractivity contribution in [1.82, 2.24) is 9.97 Å². The van der Waals surface area contributed by atoms with Crippen molar-refractivity contribution in [2.75, 3.05) is 18.5 Å². The van der Waals surface area contributed by atoms with E-state index in [9.17, 15) is 0 Å². The minimum Gasteiger partial charge on any atom is -0.371 e. The Morgan fingerprint density at radius 1 is 1.24 bits per heavy atom. The van der Waals surface area contributed by atoms with E-state index in [1.807, 2.05) is 19.9 Å². The lowest BCUT2D eigenvalue weighted by Crippen LogP contribution is -2.11. The van der Waals surface area contributed by atoms with Crippen molar-refractivity contribution in [2.24, 2.45) is 0 Å². The zero-order valence-corrected chi connectivity index (χ0v) is 11.4. The molecule has 4 heteroatoms. The van der Waals surface area contributed by atoms with E-state index in [1.54, 1.807) is 0 Å². The van der Waals surface area contributed by atoms with Gasteiger partial charge >= 0.3 is 0 Å². The number of hydrogen-bond acceptors (Lipinski definition) is 4. The highest BCUT2D eigenvalue weighted by atomic mass is 16.5. The number of nitrogens with zero attached hydrogens (tertiary/aromatic N) is 2. The van der Waals surface area contributed by atoms with Crippen LogP contribution in [-0.4, -0.2) is 23.1 Å². The van der Waals surface area contributed by atoms with E-state index in [-0.39, 0.29) is 6.10 Å². The van der Waals surface area contributed by atoms with Crippen LogP contribution in [0.1, 0.15) is 58.2 Å². The molecule has 1 unspecified atom stereocenters. The normalized spacial score (nSPS) is 12.8. The molecule has 1 N–H and O–H groups in total. The zero-order chi connectivity index (χ0) is 12.8. The summed E-state index contributed by atoms with van der Waals surface area (Å²) in [6, 6.07) is 2.01. The molecule has 1 heterocycles. The number of ether oxygens (including phenoxy) is 1. The van der Waals surface area contributed by atoms with Gasteiger partial charge in [-0.05, 0) is 26.7 Å². The summed E-state index contributed by atoms with van der Waals surface area (Å²) in [5, 5.41) is 3.23. The van der Waals surface area contributed by atoms with Gasteiger partial charge in [0.05, 0.1) is 0 Å². The van der Waals surface area contributed by atoms with Crippen molar-refractivity contribution in [3.63, 3.8) is 0 Å². The molecule has 0 aliphatic carbocycles. The topological polar surface area (TPSA) is 47.0 Å². The van der Waals surface area contributed by atoms with Crippen LogP contribution in [0, 0.1) is 0 Å². The monoisotopic (exact) mass is 237 g/mol. The summed E-state index contributed by atoms with van der Waals surface area (Å²) >= 11 is 0. The van der Waals surface area contributed by atoms with Crippen LogP contribution >= 0.6 is 0 Å². The van der Waals surface area contributed by atoms with Crippen LogP contribution in [0.3, 0.4) is 0 Å². The average Bonchev–Trinajstić information content (AvgIpc) is 2.29. The molecule has 4 nitrogen and oxygen atoms in total. The summed E-state index contributed by atoms with van der Waals surface area (Å²) < 4.78 is 5.54. The molecule has 1 atom stereocenters. The average molecular weight is 237 g/mol. The minimum atomic E-state index is -0.0592. The third-order valence-corrected chi connectivity index (χ3v) is 2.49. The second-order valence-electron chi connectivity index (χ2n) is 4.32. The standard InChI is InChI=1S/C13H23N3O/c1-6-14-12-8-11(9(3)4)15-13(16-12)10(5)17-7-2/h8-10H,6-7H2,1-5H3,(H,14,15,16). The van der Waals surface area contributed by atoms with E-state index >= 15 is 0 Å². The summed E-state index contributed by atoms with van der Waals surface area (Å²) in [6.07, 6.45) is -0.0592. The quantitative estimate of drug-likeness (QED) is 0.825. The molecule has 0 aromatic carbocycles. The van der Waals surface area contributed by atoms with Crippen molar-refractivity contribution < 1.29 is 4.74 Å². The third kappa shape index (κ3) is 3.97. The number of aromatic nitrogens is 2. The molecule has 0 radical (unpaired) electrons. The van der Waals surface area contributed by atoms with Crippen LogP contribution in [0.5, 0.6) is 0 Å². The number of hydrogen-bond donors (Lipinski definition) is 1. The van der Waals surface area contributed by atoms with Gasteiger partial charge < -0.3 is 10.1 Å². The maximum Gasteiger partial charge on any atom is 0.159 e. The van der Waals surface area contributed by atoms with Gasteiger partial charge in [0, 0.05) is 24.9 Å². The largest absolute Gasteiger partial charge is 0.371 e. The molecule has 17 heavy (non-hydrogen) atoms. The van der Waals surface area contributed by atoms with Crippen molar-refractivity contribution in [1.29, 1.82) is 0 Å². The van der Waals surface area contributed by atoms with E-state index < -0.39 is 0 Å². The Bertz CT molecular complexity index is 353. The van der Waals surface area contributed by atoms with Gasteiger partial charge in [-0.2, -0.15) is 0 Å². The molecule has 0 saturated carbocycles. The predicted molar refractivity (Wildman–Crippen MR) is 70.3 cm³/mol. The maximum absolute atomic E-state index is 5.54. The van der Waals surface area contributed by atoms with Crippen LogP contribution in [-0.2, 0) is 4.74 Å². The lowest BCUT2D eigenvalue weighted by Gasteiger charge is -2.15. The van der Waals surface area contributed by atoms with Crippen LogP contribution in [0.15, 0.2) is 6.07 Å². The molecule has 0 fully saturated rings. The summed E-state index contributed by atoms with van der Waals surface area (Å²) in [5.41, 5.74) is 1.05. The van der Waals surface area contributed by atoms with Crippen molar-refractivity contribution in [2.45, 2.75) is 46.6 Å². The van der Waals surface area contributed by atoms with Gasteiger partial charge in [-0.3, -0.25) is 0 Å². The van der Waals surface area contributed by atoms with Crippen LogP contribution in [0.2, 0.25) is 0 Å². The van der Waals surface area contributed by atoms with Gasteiger partial charge in [0.1, 0.15) is 11.9 Å². The second kappa shape index (κ2) is 6.55. The van der Waals surface area contributed by atoms with Crippen LogP contribution < -0.4 is 5.32 Å². The lowest BCUT2D eigenvalue weighted by molar-refractivity contribution is 0.0699. The van der Waals surface area contributed by atoms with E-state index in [2.05, 4.69) is 36.1 Å². The predicted octanol–water partition coefficient (Wildman–Crippen LogP) is 3.13. The fourth-order valence-corrected chi connectivity index (χ4v) is 1.56. The highest BCUT2D eigenvalue weighted by Gasteiger charge is 2.13. The van der Waals surface area contributed by atoms with Crippen molar-refractivity contribution in [3.8, 4) is 0 Å². The Balaban J connectivity index is 3.02. The molecule has 96 valence electrons. The molecule has 0 spiro atoms. The van der Waals surface area contributed by atoms with Gasteiger partial charge in [-0.1, -0.05) is 13.8 Å². The summed E-state index contributed by atoms with van der Waals surface area (Å²) in [5.74, 6) is 2.03. The molecule has 1 aromatic rings. The van der Waals surface area contributed by atoms with Gasteiger partial charge in [-0.15, -0.1) is 0 Å². The molecular weight excluding hydrogens is 214 g/mol. The Hall–Kier alpha value is -1.16. The zero-order valence-electron chi connectivity index (χ0n) is 11.4. The van der Waals surface area contributed by atoms with E-state index in [0.29, 0.717) is 12.5 Å². The highest BCUT2D eigenvalue weighted by Crippen LogP contribution is 2.20. The lowest BCUT2D eigenvalue weighted by atomic mass is 10.1.